The van der Waals surface area contributed by atoms with Crippen LogP contribution in [0, 0.1) is 5.41 Å². The molecule has 1 rings (SSSR count). The Morgan fingerprint density at radius 2 is 1.86 bits per heavy atom. The summed E-state index contributed by atoms with van der Waals surface area (Å²) in [5.74, 6) is -0.119. The van der Waals surface area contributed by atoms with Crippen molar-refractivity contribution in [1.82, 2.24) is 10.3 Å². The second kappa shape index (κ2) is 6.92. The average molecular weight is 291 g/mol. The van der Waals surface area contributed by atoms with Gasteiger partial charge in [-0.25, -0.2) is 4.98 Å². The number of pyridine rings is 1. The highest BCUT2D eigenvalue weighted by Crippen LogP contribution is 2.26. The molecule has 4 nitrogen and oxygen atoms in total. The van der Waals surface area contributed by atoms with E-state index in [1.54, 1.807) is 12.3 Å². The third-order valence-corrected chi connectivity index (χ3v) is 3.00. The third-order valence-electron chi connectivity index (χ3n) is 3.00. The molecule has 0 saturated carbocycles. The zero-order chi connectivity index (χ0) is 16.1. The lowest BCUT2D eigenvalue weighted by Gasteiger charge is -2.33. The lowest BCUT2D eigenvalue weighted by Crippen LogP contribution is -2.46. The quantitative estimate of drug-likeness (QED) is 0.837. The van der Waals surface area contributed by atoms with E-state index in [-0.39, 0.29) is 16.9 Å². The van der Waals surface area contributed by atoms with Crippen LogP contribution in [0.5, 0.6) is 0 Å². The molecule has 1 amide bonds. The van der Waals surface area contributed by atoms with E-state index in [2.05, 4.69) is 43.3 Å². The van der Waals surface area contributed by atoms with Crippen LogP contribution < -0.4 is 10.6 Å². The van der Waals surface area contributed by atoms with Crippen molar-refractivity contribution in [2.24, 2.45) is 5.41 Å². The van der Waals surface area contributed by atoms with E-state index >= 15 is 0 Å². The van der Waals surface area contributed by atoms with Gasteiger partial charge in [-0.15, -0.1) is 0 Å². The standard InChI is InChI=1S/C17H29N3O/c1-7-10-18-13-8-9-14(19-11-13)15(21)20-17(5,6)12-16(2,3)4/h8-9,11,18H,7,10,12H2,1-6H3,(H,20,21). The van der Waals surface area contributed by atoms with Crippen LogP contribution in [0.1, 0.15) is 64.9 Å². The highest BCUT2D eigenvalue weighted by molar-refractivity contribution is 5.92. The van der Waals surface area contributed by atoms with Gasteiger partial charge in [0.05, 0.1) is 11.9 Å². The molecular formula is C17H29N3O. The molecule has 21 heavy (non-hydrogen) atoms. The molecule has 0 fully saturated rings. The van der Waals surface area contributed by atoms with Gasteiger partial charge in [-0.05, 0) is 44.2 Å². The predicted octanol–water partition coefficient (Wildman–Crippen LogP) is 3.85. The molecule has 1 heterocycles. The van der Waals surface area contributed by atoms with Crippen molar-refractivity contribution in [2.45, 2.75) is 59.9 Å². The van der Waals surface area contributed by atoms with Gasteiger partial charge in [-0.3, -0.25) is 4.79 Å². The lowest BCUT2D eigenvalue weighted by molar-refractivity contribution is 0.0886. The first-order valence-electron chi connectivity index (χ1n) is 7.65. The Morgan fingerprint density at radius 3 is 2.33 bits per heavy atom. The topological polar surface area (TPSA) is 54.0 Å². The molecule has 0 aromatic carbocycles. The van der Waals surface area contributed by atoms with Crippen molar-refractivity contribution in [2.75, 3.05) is 11.9 Å². The second-order valence-corrected chi connectivity index (χ2v) is 7.43. The number of nitrogens with zero attached hydrogens (tertiary/aromatic N) is 1. The number of amides is 1. The molecule has 0 unspecified atom stereocenters. The summed E-state index contributed by atoms with van der Waals surface area (Å²) in [4.78, 5) is 16.5. The SMILES string of the molecule is CCCNc1ccc(C(=O)NC(C)(C)CC(C)(C)C)nc1. The maximum atomic E-state index is 12.3. The molecule has 0 aliphatic carbocycles. The number of hydrogen-bond acceptors (Lipinski definition) is 3. The number of anilines is 1. The maximum Gasteiger partial charge on any atom is 0.270 e. The fraction of sp³-hybridized carbons (Fsp3) is 0.647. The monoisotopic (exact) mass is 291 g/mol. The van der Waals surface area contributed by atoms with Gasteiger partial charge in [0.1, 0.15) is 5.69 Å². The van der Waals surface area contributed by atoms with E-state index in [0.29, 0.717) is 5.69 Å². The van der Waals surface area contributed by atoms with Gasteiger partial charge in [-0.2, -0.15) is 0 Å². The summed E-state index contributed by atoms with van der Waals surface area (Å²) in [6.07, 6.45) is 3.67. The Kier molecular flexibility index (Phi) is 5.76. The van der Waals surface area contributed by atoms with Crippen LogP contribution in [0.25, 0.3) is 0 Å². The molecule has 0 bridgehead atoms. The first kappa shape index (κ1) is 17.5. The molecule has 4 heteroatoms. The highest BCUT2D eigenvalue weighted by Gasteiger charge is 2.27. The second-order valence-electron chi connectivity index (χ2n) is 7.43. The first-order valence-corrected chi connectivity index (χ1v) is 7.65. The van der Waals surface area contributed by atoms with Gasteiger partial charge in [-0.1, -0.05) is 27.7 Å². The van der Waals surface area contributed by atoms with Crippen molar-refractivity contribution >= 4 is 11.6 Å². The van der Waals surface area contributed by atoms with E-state index in [1.165, 1.54) is 0 Å². The molecule has 118 valence electrons. The largest absolute Gasteiger partial charge is 0.384 e. The summed E-state index contributed by atoms with van der Waals surface area (Å²) in [7, 11) is 0. The predicted molar refractivity (Wildman–Crippen MR) is 88.6 cm³/mol. The van der Waals surface area contributed by atoms with Gasteiger partial charge in [0, 0.05) is 12.1 Å². The summed E-state index contributed by atoms with van der Waals surface area (Å²) in [5.41, 5.74) is 1.32. The van der Waals surface area contributed by atoms with Crippen molar-refractivity contribution in [3.05, 3.63) is 24.0 Å². The van der Waals surface area contributed by atoms with E-state index < -0.39 is 0 Å². The molecule has 0 atom stereocenters. The van der Waals surface area contributed by atoms with E-state index in [0.717, 1.165) is 25.1 Å². The molecule has 0 radical (unpaired) electrons. The highest BCUT2D eigenvalue weighted by atomic mass is 16.2. The molecule has 1 aromatic rings. The van der Waals surface area contributed by atoms with Crippen molar-refractivity contribution in [3.63, 3.8) is 0 Å². The Balaban J connectivity index is 2.67. The number of hydrogen-bond donors (Lipinski definition) is 2. The molecule has 2 N–H and O–H groups in total. The summed E-state index contributed by atoms with van der Waals surface area (Å²) in [5, 5.41) is 6.32. The van der Waals surface area contributed by atoms with Gasteiger partial charge in [0.2, 0.25) is 0 Å². The van der Waals surface area contributed by atoms with Crippen molar-refractivity contribution in [3.8, 4) is 0 Å². The van der Waals surface area contributed by atoms with Gasteiger partial charge < -0.3 is 10.6 Å². The zero-order valence-electron chi connectivity index (χ0n) is 14.2. The first-order chi connectivity index (χ1) is 9.63. The van der Waals surface area contributed by atoms with Crippen LogP contribution in [0.3, 0.4) is 0 Å². The minimum Gasteiger partial charge on any atom is -0.384 e. The van der Waals surface area contributed by atoms with Crippen LogP contribution in [0.4, 0.5) is 5.69 Å². The molecule has 0 saturated heterocycles. The van der Waals surface area contributed by atoms with E-state index in [1.807, 2.05) is 19.9 Å². The smallest absolute Gasteiger partial charge is 0.270 e. The van der Waals surface area contributed by atoms with Crippen LogP contribution in [-0.2, 0) is 0 Å². The number of rotatable bonds is 6. The summed E-state index contributed by atoms with van der Waals surface area (Å²) >= 11 is 0. The Hall–Kier alpha value is -1.58. The average Bonchev–Trinajstić information content (AvgIpc) is 2.33. The number of aromatic nitrogens is 1. The Morgan fingerprint density at radius 1 is 1.19 bits per heavy atom. The molecule has 0 spiro atoms. The molecule has 0 aliphatic heterocycles. The van der Waals surface area contributed by atoms with Crippen molar-refractivity contribution in [1.29, 1.82) is 0 Å². The van der Waals surface area contributed by atoms with E-state index in [9.17, 15) is 4.79 Å². The summed E-state index contributed by atoms with van der Waals surface area (Å²) in [6, 6.07) is 3.66. The number of nitrogens with one attached hydrogen (secondary N) is 2. The number of carbonyl (C=O) groups excluding carboxylic acids is 1. The van der Waals surface area contributed by atoms with Crippen LogP contribution in [-0.4, -0.2) is 23.0 Å². The fourth-order valence-electron chi connectivity index (χ4n) is 2.64. The summed E-state index contributed by atoms with van der Waals surface area (Å²) < 4.78 is 0. The minimum atomic E-state index is -0.254. The van der Waals surface area contributed by atoms with Gasteiger partial charge in [0.15, 0.2) is 0 Å². The molecule has 1 aromatic heterocycles. The molecule has 0 aliphatic rings. The van der Waals surface area contributed by atoms with Crippen LogP contribution in [0.2, 0.25) is 0 Å². The minimum absolute atomic E-state index is 0.119. The van der Waals surface area contributed by atoms with Crippen molar-refractivity contribution < 1.29 is 4.79 Å². The lowest BCUT2D eigenvalue weighted by atomic mass is 9.82. The van der Waals surface area contributed by atoms with Crippen LogP contribution in [0.15, 0.2) is 18.3 Å². The van der Waals surface area contributed by atoms with E-state index in [4.69, 9.17) is 0 Å². The Bertz CT molecular complexity index is 458. The fourth-order valence-corrected chi connectivity index (χ4v) is 2.64. The summed E-state index contributed by atoms with van der Waals surface area (Å²) in [6.45, 7) is 13.6. The Labute approximate surface area is 128 Å². The number of carbonyl (C=O) groups is 1. The normalized spacial score (nSPS) is 12.1. The maximum absolute atomic E-state index is 12.3. The van der Waals surface area contributed by atoms with Gasteiger partial charge >= 0.3 is 0 Å². The zero-order valence-corrected chi connectivity index (χ0v) is 14.2. The third kappa shape index (κ3) is 6.61. The van der Waals surface area contributed by atoms with Crippen LogP contribution >= 0.6 is 0 Å². The van der Waals surface area contributed by atoms with Gasteiger partial charge in [0.25, 0.3) is 5.91 Å². The molecular weight excluding hydrogens is 262 g/mol.